The van der Waals surface area contributed by atoms with Crippen molar-refractivity contribution in [2.24, 2.45) is 21.7 Å². The zero-order valence-electron chi connectivity index (χ0n) is 8.85. The van der Waals surface area contributed by atoms with E-state index in [0.29, 0.717) is 0 Å². The average Bonchev–Trinajstić information content (AvgIpc) is 2.20. The molecule has 0 aromatic heterocycles. The number of rotatable bonds is 4. The number of guanidine groups is 1. The van der Waals surface area contributed by atoms with Crippen LogP contribution in [0.15, 0.2) is 34.5 Å². The fourth-order valence-corrected chi connectivity index (χ4v) is 1.22. The van der Waals surface area contributed by atoms with Crippen molar-refractivity contribution < 1.29 is 0 Å². The Labute approximate surface area is 89.7 Å². The summed E-state index contributed by atoms with van der Waals surface area (Å²) in [4.78, 5) is 0. The summed E-state index contributed by atoms with van der Waals surface area (Å²) in [7, 11) is 0. The van der Waals surface area contributed by atoms with Gasteiger partial charge in [-0.3, -0.25) is 0 Å². The van der Waals surface area contributed by atoms with Gasteiger partial charge < -0.3 is 11.5 Å². The Balaban J connectivity index is 2.64. The predicted octanol–water partition coefficient (Wildman–Crippen LogP) is 1.25. The van der Waals surface area contributed by atoms with Gasteiger partial charge in [0.15, 0.2) is 0 Å². The number of nitrogens with two attached hydrogens (primary N) is 2. The summed E-state index contributed by atoms with van der Waals surface area (Å²) in [5, 5.41) is 7.25. The molecule has 0 bridgehead atoms. The van der Waals surface area contributed by atoms with Crippen LogP contribution in [0.1, 0.15) is 24.5 Å². The minimum atomic E-state index is -0.0335. The third kappa shape index (κ3) is 4.26. The van der Waals surface area contributed by atoms with Crippen LogP contribution in [0, 0.1) is 0 Å². The lowest BCUT2D eigenvalue weighted by Crippen LogP contribution is -2.21. The summed E-state index contributed by atoms with van der Waals surface area (Å²) in [6.45, 7) is 2.16. The molecule has 0 atom stereocenters. The first-order valence-electron chi connectivity index (χ1n) is 4.93. The molecule has 0 unspecified atom stereocenters. The van der Waals surface area contributed by atoms with Crippen LogP contribution < -0.4 is 11.5 Å². The Bertz CT molecular complexity index is 347. The van der Waals surface area contributed by atoms with Gasteiger partial charge in [-0.25, -0.2) is 0 Å². The molecule has 0 radical (unpaired) electrons. The first-order chi connectivity index (χ1) is 7.22. The highest BCUT2D eigenvalue weighted by atomic mass is 15.3. The summed E-state index contributed by atoms with van der Waals surface area (Å²) in [5.41, 5.74) is 12.6. The lowest BCUT2D eigenvalue weighted by atomic mass is 10.1. The van der Waals surface area contributed by atoms with Gasteiger partial charge in [0.25, 0.3) is 0 Å². The predicted molar refractivity (Wildman–Crippen MR) is 63.8 cm³/mol. The number of aryl methyl sites for hydroxylation is 1. The second kappa shape index (κ2) is 5.80. The van der Waals surface area contributed by atoms with Gasteiger partial charge in [0.2, 0.25) is 5.96 Å². The van der Waals surface area contributed by atoms with Gasteiger partial charge in [0, 0.05) is 0 Å². The van der Waals surface area contributed by atoms with E-state index in [2.05, 4.69) is 29.3 Å². The molecular weight excluding hydrogens is 188 g/mol. The van der Waals surface area contributed by atoms with Crippen LogP contribution >= 0.6 is 0 Å². The molecule has 0 amide bonds. The monoisotopic (exact) mass is 204 g/mol. The molecule has 0 fully saturated rings. The van der Waals surface area contributed by atoms with Crippen LogP contribution in [0.25, 0.3) is 0 Å². The van der Waals surface area contributed by atoms with Gasteiger partial charge >= 0.3 is 0 Å². The third-order valence-corrected chi connectivity index (χ3v) is 1.90. The Hall–Kier alpha value is -1.84. The van der Waals surface area contributed by atoms with Crippen molar-refractivity contribution in [3.05, 3.63) is 35.4 Å². The molecule has 4 heteroatoms. The molecule has 80 valence electrons. The summed E-state index contributed by atoms with van der Waals surface area (Å²) in [6, 6.07) is 8.16. The van der Waals surface area contributed by atoms with E-state index in [4.69, 9.17) is 11.5 Å². The third-order valence-electron chi connectivity index (χ3n) is 1.90. The SMILES string of the molecule is CCCc1ccc(C=NN=C(N)N)cc1. The topological polar surface area (TPSA) is 76.8 Å². The largest absolute Gasteiger partial charge is 0.369 e. The van der Waals surface area contributed by atoms with Crippen molar-refractivity contribution in [3.8, 4) is 0 Å². The number of hydrogen-bond donors (Lipinski definition) is 2. The van der Waals surface area contributed by atoms with Gasteiger partial charge in [-0.1, -0.05) is 37.6 Å². The van der Waals surface area contributed by atoms with E-state index in [-0.39, 0.29) is 5.96 Å². The zero-order valence-corrected chi connectivity index (χ0v) is 8.85. The summed E-state index contributed by atoms with van der Waals surface area (Å²) >= 11 is 0. The van der Waals surface area contributed by atoms with E-state index in [9.17, 15) is 0 Å². The number of hydrogen-bond acceptors (Lipinski definition) is 2. The molecule has 0 aliphatic rings. The molecule has 0 saturated carbocycles. The highest BCUT2D eigenvalue weighted by Gasteiger charge is 1.91. The maximum atomic E-state index is 5.13. The van der Waals surface area contributed by atoms with Crippen molar-refractivity contribution in [1.82, 2.24) is 0 Å². The number of nitrogens with zero attached hydrogens (tertiary/aromatic N) is 2. The van der Waals surface area contributed by atoms with Gasteiger partial charge in [0.1, 0.15) is 0 Å². The molecule has 0 heterocycles. The van der Waals surface area contributed by atoms with E-state index in [0.717, 1.165) is 18.4 Å². The van der Waals surface area contributed by atoms with Gasteiger partial charge in [-0.2, -0.15) is 5.10 Å². The van der Waals surface area contributed by atoms with Crippen LogP contribution in [0.5, 0.6) is 0 Å². The molecule has 15 heavy (non-hydrogen) atoms. The zero-order chi connectivity index (χ0) is 11.1. The quantitative estimate of drug-likeness (QED) is 0.440. The summed E-state index contributed by atoms with van der Waals surface area (Å²) in [5.74, 6) is -0.0335. The molecule has 1 aromatic rings. The fraction of sp³-hybridized carbons (Fsp3) is 0.273. The Kier molecular flexibility index (Phi) is 4.34. The summed E-state index contributed by atoms with van der Waals surface area (Å²) < 4.78 is 0. The molecule has 0 saturated heterocycles. The molecule has 1 rings (SSSR count). The maximum absolute atomic E-state index is 5.13. The van der Waals surface area contributed by atoms with Crippen molar-refractivity contribution >= 4 is 12.2 Å². The fourth-order valence-electron chi connectivity index (χ4n) is 1.22. The molecule has 1 aromatic carbocycles. The Morgan fingerprint density at radius 2 is 1.93 bits per heavy atom. The standard InChI is InChI=1S/C11H16N4/c1-2-3-9-4-6-10(7-5-9)8-14-15-11(12)13/h4-8H,2-3H2,1H3,(H4,12,13,15). The minimum Gasteiger partial charge on any atom is -0.369 e. The molecule has 4 N–H and O–H groups in total. The minimum absolute atomic E-state index is 0.0335. The lowest BCUT2D eigenvalue weighted by Gasteiger charge is -1.97. The van der Waals surface area contributed by atoms with Crippen molar-refractivity contribution in [2.45, 2.75) is 19.8 Å². The smallest absolute Gasteiger partial charge is 0.211 e. The highest BCUT2D eigenvalue weighted by molar-refractivity contribution is 5.81. The Morgan fingerprint density at radius 1 is 1.27 bits per heavy atom. The maximum Gasteiger partial charge on any atom is 0.211 e. The second-order valence-electron chi connectivity index (χ2n) is 3.26. The van der Waals surface area contributed by atoms with Crippen LogP contribution in [0.4, 0.5) is 0 Å². The number of benzene rings is 1. The van der Waals surface area contributed by atoms with E-state index in [1.165, 1.54) is 5.56 Å². The highest BCUT2D eigenvalue weighted by Crippen LogP contribution is 2.04. The molecule has 0 aliphatic heterocycles. The summed E-state index contributed by atoms with van der Waals surface area (Å²) in [6.07, 6.45) is 3.88. The lowest BCUT2D eigenvalue weighted by molar-refractivity contribution is 0.922. The normalized spacial score (nSPS) is 10.5. The van der Waals surface area contributed by atoms with Crippen LogP contribution in [-0.2, 0) is 6.42 Å². The van der Waals surface area contributed by atoms with E-state index in [1.807, 2.05) is 12.1 Å². The van der Waals surface area contributed by atoms with Crippen LogP contribution in [-0.4, -0.2) is 12.2 Å². The van der Waals surface area contributed by atoms with Gasteiger partial charge in [0.05, 0.1) is 6.21 Å². The van der Waals surface area contributed by atoms with E-state index < -0.39 is 0 Å². The first kappa shape index (κ1) is 11.2. The molecular formula is C11H16N4. The molecule has 4 nitrogen and oxygen atoms in total. The molecule has 0 spiro atoms. The van der Waals surface area contributed by atoms with Crippen molar-refractivity contribution in [3.63, 3.8) is 0 Å². The van der Waals surface area contributed by atoms with Crippen LogP contribution in [0.2, 0.25) is 0 Å². The van der Waals surface area contributed by atoms with Gasteiger partial charge in [-0.15, -0.1) is 5.10 Å². The second-order valence-corrected chi connectivity index (χ2v) is 3.26. The average molecular weight is 204 g/mol. The van der Waals surface area contributed by atoms with Crippen molar-refractivity contribution in [2.75, 3.05) is 0 Å². The first-order valence-corrected chi connectivity index (χ1v) is 4.93. The van der Waals surface area contributed by atoms with E-state index >= 15 is 0 Å². The van der Waals surface area contributed by atoms with E-state index in [1.54, 1.807) is 6.21 Å². The Morgan fingerprint density at radius 3 is 2.47 bits per heavy atom. The van der Waals surface area contributed by atoms with Crippen LogP contribution in [0.3, 0.4) is 0 Å². The van der Waals surface area contributed by atoms with Gasteiger partial charge in [-0.05, 0) is 17.5 Å². The molecule has 0 aliphatic carbocycles. The van der Waals surface area contributed by atoms with Crippen molar-refractivity contribution in [1.29, 1.82) is 0 Å².